The summed E-state index contributed by atoms with van der Waals surface area (Å²) in [7, 11) is -2.16. The number of rotatable bonds is 7. The zero-order valence-electron chi connectivity index (χ0n) is 14.9. The van der Waals surface area contributed by atoms with Crippen LogP contribution >= 0.6 is 0 Å². The molecule has 2 amide bonds. The first-order valence-electron chi connectivity index (χ1n) is 8.13. The minimum Gasteiger partial charge on any atom is -0.332 e. The highest BCUT2D eigenvalue weighted by Crippen LogP contribution is 2.12. The molecule has 2 aromatic rings. The van der Waals surface area contributed by atoms with E-state index in [2.05, 4.69) is 10.0 Å². The van der Waals surface area contributed by atoms with E-state index in [0.29, 0.717) is 5.69 Å². The maximum Gasteiger partial charge on any atom is 0.254 e. The van der Waals surface area contributed by atoms with Crippen molar-refractivity contribution in [3.05, 3.63) is 59.9 Å². The molecule has 7 nitrogen and oxygen atoms in total. The second-order valence-electron chi connectivity index (χ2n) is 5.75. The van der Waals surface area contributed by atoms with Gasteiger partial charge in [-0.05, 0) is 42.5 Å². The molecule has 0 aliphatic carbocycles. The Morgan fingerprint density at radius 3 is 2.37 bits per heavy atom. The molecular formula is C18H20FN3O4S. The molecule has 27 heavy (non-hydrogen) atoms. The highest BCUT2D eigenvalue weighted by atomic mass is 32.2. The van der Waals surface area contributed by atoms with Gasteiger partial charge in [-0.3, -0.25) is 9.59 Å². The van der Waals surface area contributed by atoms with E-state index >= 15 is 0 Å². The van der Waals surface area contributed by atoms with E-state index in [0.717, 1.165) is 0 Å². The molecule has 2 N–H and O–H groups in total. The lowest BCUT2D eigenvalue weighted by atomic mass is 10.2. The van der Waals surface area contributed by atoms with Crippen molar-refractivity contribution in [1.29, 1.82) is 0 Å². The monoisotopic (exact) mass is 393 g/mol. The first-order valence-corrected chi connectivity index (χ1v) is 9.62. The Morgan fingerprint density at radius 2 is 1.78 bits per heavy atom. The van der Waals surface area contributed by atoms with Crippen molar-refractivity contribution in [1.82, 2.24) is 9.62 Å². The van der Waals surface area contributed by atoms with Crippen molar-refractivity contribution < 1.29 is 22.4 Å². The molecule has 0 aliphatic rings. The molecule has 0 fully saturated rings. The Kier molecular flexibility index (Phi) is 6.65. The third-order valence-corrected chi connectivity index (χ3v) is 5.14. The molecule has 0 radical (unpaired) electrons. The molecular weight excluding hydrogens is 373 g/mol. The average Bonchev–Trinajstić information content (AvgIpc) is 2.61. The van der Waals surface area contributed by atoms with Gasteiger partial charge < -0.3 is 10.2 Å². The summed E-state index contributed by atoms with van der Waals surface area (Å²) < 4.78 is 39.3. The van der Waals surface area contributed by atoms with E-state index in [4.69, 9.17) is 0 Å². The number of carbonyl (C=O) groups excluding carboxylic acids is 2. The van der Waals surface area contributed by atoms with Gasteiger partial charge in [0.1, 0.15) is 5.82 Å². The fourth-order valence-electron chi connectivity index (χ4n) is 2.32. The molecule has 0 bridgehead atoms. The minimum atomic E-state index is -3.60. The predicted molar refractivity (Wildman–Crippen MR) is 99.3 cm³/mol. The number of nitrogens with zero attached hydrogens (tertiary/aromatic N) is 1. The van der Waals surface area contributed by atoms with Crippen LogP contribution in [0.15, 0.2) is 53.4 Å². The summed E-state index contributed by atoms with van der Waals surface area (Å²) >= 11 is 0. The summed E-state index contributed by atoms with van der Waals surface area (Å²) in [6, 6.07) is 10.8. The van der Waals surface area contributed by atoms with E-state index in [9.17, 15) is 22.4 Å². The maximum absolute atomic E-state index is 13.1. The van der Waals surface area contributed by atoms with Crippen molar-refractivity contribution >= 4 is 27.5 Å². The molecule has 144 valence electrons. The van der Waals surface area contributed by atoms with Crippen molar-refractivity contribution in [2.45, 2.75) is 11.8 Å². The fraction of sp³-hybridized carbons (Fsp3) is 0.222. The van der Waals surface area contributed by atoms with Crippen molar-refractivity contribution in [3.8, 4) is 0 Å². The number of benzene rings is 2. The number of carbonyl (C=O) groups is 2. The number of hydrogen-bond acceptors (Lipinski definition) is 4. The maximum atomic E-state index is 13.1. The Morgan fingerprint density at radius 1 is 1.11 bits per heavy atom. The molecule has 0 saturated carbocycles. The normalized spacial score (nSPS) is 11.1. The molecule has 2 aromatic carbocycles. The van der Waals surface area contributed by atoms with Gasteiger partial charge in [-0.25, -0.2) is 17.5 Å². The third-order valence-electron chi connectivity index (χ3n) is 3.58. The summed E-state index contributed by atoms with van der Waals surface area (Å²) in [4.78, 5) is 25.6. The van der Waals surface area contributed by atoms with E-state index < -0.39 is 27.7 Å². The van der Waals surface area contributed by atoms with E-state index in [-0.39, 0.29) is 23.5 Å². The number of anilines is 1. The Hall–Kier alpha value is -2.78. The van der Waals surface area contributed by atoms with Crippen molar-refractivity contribution in [2.75, 3.05) is 25.5 Å². The van der Waals surface area contributed by atoms with Crippen molar-refractivity contribution in [3.63, 3.8) is 0 Å². The zero-order valence-corrected chi connectivity index (χ0v) is 15.7. The number of amides is 2. The van der Waals surface area contributed by atoms with E-state index in [1.54, 1.807) is 6.92 Å². The van der Waals surface area contributed by atoms with Crippen molar-refractivity contribution in [2.24, 2.45) is 0 Å². The third kappa shape index (κ3) is 5.60. The highest BCUT2D eigenvalue weighted by Gasteiger charge is 2.17. The van der Waals surface area contributed by atoms with Gasteiger partial charge >= 0.3 is 0 Å². The van der Waals surface area contributed by atoms with Crippen LogP contribution in [0.2, 0.25) is 0 Å². The van der Waals surface area contributed by atoms with Crippen LogP contribution in [0, 0.1) is 5.82 Å². The van der Waals surface area contributed by atoms with Gasteiger partial charge in [0.2, 0.25) is 15.9 Å². The topological polar surface area (TPSA) is 95.6 Å². The van der Waals surface area contributed by atoms with E-state index in [1.165, 1.54) is 60.5 Å². The lowest BCUT2D eigenvalue weighted by molar-refractivity contribution is -0.116. The molecule has 0 aliphatic heterocycles. The zero-order chi connectivity index (χ0) is 20.0. The van der Waals surface area contributed by atoms with Crippen LogP contribution in [0.1, 0.15) is 17.3 Å². The lowest BCUT2D eigenvalue weighted by Crippen LogP contribution is -2.35. The van der Waals surface area contributed by atoms with Gasteiger partial charge in [0.15, 0.2) is 0 Å². The van der Waals surface area contributed by atoms with Crippen LogP contribution < -0.4 is 10.0 Å². The van der Waals surface area contributed by atoms with Gasteiger partial charge in [0.25, 0.3) is 5.91 Å². The second kappa shape index (κ2) is 8.74. The minimum absolute atomic E-state index is 0.0485. The first-order chi connectivity index (χ1) is 12.7. The molecule has 0 saturated heterocycles. The molecule has 0 unspecified atom stereocenters. The number of halogens is 1. The van der Waals surface area contributed by atoms with Gasteiger partial charge in [0.05, 0.1) is 11.4 Å². The molecule has 0 heterocycles. The Balaban J connectivity index is 2.01. The van der Waals surface area contributed by atoms with Gasteiger partial charge in [-0.2, -0.15) is 0 Å². The smallest absolute Gasteiger partial charge is 0.254 e. The standard InChI is InChI=1S/C18H20FN3O4S/c1-3-20-27(25,26)16-9-7-13(8-10-16)18(24)22(2)12-17(23)21-15-6-4-5-14(19)11-15/h4-11,20H,3,12H2,1-2H3,(H,21,23). The van der Waals surface area contributed by atoms with Gasteiger partial charge in [-0.1, -0.05) is 13.0 Å². The van der Waals surface area contributed by atoms with Gasteiger partial charge in [0, 0.05) is 24.8 Å². The fourth-order valence-corrected chi connectivity index (χ4v) is 3.37. The second-order valence-corrected chi connectivity index (χ2v) is 7.51. The number of sulfonamides is 1. The Bertz CT molecular complexity index is 930. The van der Waals surface area contributed by atoms with Crippen LogP contribution in [0.25, 0.3) is 0 Å². The number of hydrogen-bond donors (Lipinski definition) is 2. The van der Waals surface area contributed by atoms with Gasteiger partial charge in [-0.15, -0.1) is 0 Å². The molecule has 0 aromatic heterocycles. The number of nitrogens with one attached hydrogen (secondary N) is 2. The molecule has 9 heteroatoms. The first kappa shape index (κ1) is 20.5. The number of likely N-dealkylation sites (N-methyl/N-ethyl adjacent to an activating group) is 1. The molecule has 2 rings (SSSR count). The SMILES string of the molecule is CCNS(=O)(=O)c1ccc(C(=O)N(C)CC(=O)Nc2cccc(F)c2)cc1. The van der Waals surface area contributed by atoms with Crippen LogP contribution in [0.5, 0.6) is 0 Å². The van der Waals surface area contributed by atoms with Crippen LogP contribution in [-0.2, 0) is 14.8 Å². The van der Waals surface area contributed by atoms with Crippen LogP contribution in [-0.4, -0.2) is 45.3 Å². The van der Waals surface area contributed by atoms with Crippen LogP contribution in [0.4, 0.5) is 10.1 Å². The lowest BCUT2D eigenvalue weighted by Gasteiger charge is -2.17. The summed E-state index contributed by atoms with van der Waals surface area (Å²) in [5.74, 6) is -1.41. The van der Waals surface area contributed by atoms with Crippen LogP contribution in [0.3, 0.4) is 0 Å². The molecule has 0 atom stereocenters. The quantitative estimate of drug-likeness (QED) is 0.750. The summed E-state index contributed by atoms with van der Waals surface area (Å²) in [5.41, 5.74) is 0.533. The summed E-state index contributed by atoms with van der Waals surface area (Å²) in [6.45, 7) is 1.68. The summed E-state index contributed by atoms with van der Waals surface area (Å²) in [6.07, 6.45) is 0. The average molecular weight is 393 g/mol. The predicted octanol–water partition coefficient (Wildman–Crippen LogP) is 1.83. The Labute approximate surface area is 157 Å². The molecule has 0 spiro atoms. The summed E-state index contributed by atoms with van der Waals surface area (Å²) in [5, 5.41) is 2.50. The highest BCUT2D eigenvalue weighted by molar-refractivity contribution is 7.89. The van der Waals surface area contributed by atoms with E-state index in [1.807, 2.05) is 0 Å². The largest absolute Gasteiger partial charge is 0.332 e.